The van der Waals surface area contributed by atoms with Gasteiger partial charge < -0.3 is 14.8 Å². The summed E-state index contributed by atoms with van der Waals surface area (Å²) < 4.78 is 10.7. The fraction of sp³-hybridized carbons (Fsp3) is 0.588. The molecule has 1 aromatic carbocycles. The van der Waals surface area contributed by atoms with E-state index < -0.39 is 0 Å². The summed E-state index contributed by atoms with van der Waals surface area (Å²) in [6, 6.07) is 10.4. The van der Waals surface area contributed by atoms with E-state index in [9.17, 15) is 0 Å². The molecular weight excluding hydrogens is 264 g/mol. The maximum atomic E-state index is 8.94. The lowest BCUT2D eigenvalue weighted by molar-refractivity contribution is 0.199. The molecular formula is C17H26N2O2. The summed E-state index contributed by atoms with van der Waals surface area (Å²) in [7, 11) is 1.70. The molecule has 0 saturated carbocycles. The lowest BCUT2D eigenvalue weighted by Gasteiger charge is -2.14. The summed E-state index contributed by atoms with van der Waals surface area (Å²) in [5.41, 5.74) is 0.963. The van der Waals surface area contributed by atoms with Gasteiger partial charge in [-0.1, -0.05) is 12.1 Å². The van der Waals surface area contributed by atoms with Gasteiger partial charge in [0.15, 0.2) is 0 Å². The molecule has 1 N–H and O–H groups in total. The van der Waals surface area contributed by atoms with Crippen LogP contribution in [-0.4, -0.2) is 26.9 Å². The van der Waals surface area contributed by atoms with Gasteiger partial charge in [-0.05, 0) is 44.4 Å². The summed E-state index contributed by atoms with van der Waals surface area (Å²) in [4.78, 5) is 0. The molecule has 0 amide bonds. The van der Waals surface area contributed by atoms with Crippen LogP contribution in [-0.2, 0) is 11.3 Å². The minimum atomic E-state index is -0.263. The molecule has 1 rings (SSSR count). The number of nitriles is 1. The third kappa shape index (κ3) is 7.69. The molecule has 0 aliphatic heterocycles. The molecule has 0 aliphatic rings. The molecule has 116 valence electrons. The average molecular weight is 290 g/mol. The molecule has 4 nitrogen and oxygen atoms in total. The Kier molecular flexibility index (Phi) is 7.81. The van der Waals surface area contributed by atoms with Crippen molar-refractivity contribution >= 4 is 0 Å². The fourth-order valence-corrected chi connectivity index (χ4v) is 1.87. The molecule has 4 heteroatoms. The highest BCUT2D eigenvalue weighted by atomic mass is 16.5. The molecule has 0 aromatic heterocycles. The monoisotopic (exact) mass is 290 g/mol. The predicted octanol–water partition coefficient (Wildman–Crippen LogP) is 3.13. The molecule has 0 fully saturated rings. The van der Waals surface area contributed by atoms with Gasteiger partial charge in [-0.15, -0.1) is 0 Å². The van der Waals surface area contributed by atoms with Crippen molar-refractivity contribution in [1.29, 1.82) is 5.26 Å². The number of ether oxygens (including phenoxy) is 2. The lowest BCUT2D eigenvalue weighted by atomic mass is 9.90. The first kappa shape index (κ1) is 17.5. The molecule has 0 saturated heterocycles. The van der Waals surface area contributed by atoms with Gasteiger partial charge in [-0.2, -0.15) is 5.26 Å². The third-order valence-corrected chi connectivity index (χ3v) is 3.25. The smallest absolute Gasteiger partial charge is 0.119 e. The van der Waals surface area contributed by atoms with Crippen LogP contribution in [0.25, 0.3) is 0 Å². The Morgan fingerprint density at radius 1 is 1.19 bits per heavy atom. The minimum Gasteiger partial charge on any atom is -0.494 e. The Labute approximate surface area is 128 Å². The maximum absolute atomic E-state index is 8.94. The van der Waals surface area contributed by atoms with E-state index in [1.807, 2.05) is 26.0 Å². The standard InChI is InChI=1S/C17H26N2O2/c1-17(2,14-18)9-4-11-21-16-7-5-15(6-8-16)13-19-10-12-20-3/h5-8,19H,4,9-13H2,1-3H3. The van der Waals surface area contributed by atoms with Crippen LogP contribution in [0, 0.1) is 16.7 Å². The van der Waals surface area contributed by atoms with Gasteiger partial charge in [0.05, 0.1) is 24.7 Å². The van der Waals surface area contributed by atoms with Gasteiger partial charge in [0.25, 0.3) is 0 Å². The molecule has 0 heterocycles. The summed E-state index contributed by atoms with van der Waals surface area (Å²) in [6.07, 6.45) is 1.74. The number of nitrogens with zero attached hydrogens (tertiary/aromatic N) is 1. The van der Waals surface area contributed by atoms with Crippen molar-refractivity contribution < 1.29 is 9.47 Å². The van der Waals surface area contributed by atoms with E-state index in [2.05, 4.69) is 23.5 Å². The first-order chi connectivity index (χ1) is 10.1. The molecule has 0 atom stereocenters. The third-order valence-electron chi connectivity index (χ3n) is 3.25. The van der Waals surface area contributed by atoms with E-state index in [1.54, 1.807) is 7.11 Å². The summed E-state index contributed by atoms with van der Waals surface area (Å²) in [6.45, 7) is 6.97. The highest BCUT2D eigenvalue weighted by Gasteiger charge is 2.15. The number of rotatable bonds is 10. The fourth-order valence-electron chi connectivity index (χ4n) is 1.87. The van der Waals surface area contributed by atoms with Crippen LogP contribution >= 0.6 is 0 Å². The van der Waals surface area contributed by atoms with Gasteiger partial charge in [0.2, 0.25) is 0 Å². The van der Waals surface area contributed by atoms with Gasteiger partial charge >= 0.3 is 0 Å². The topological polar surface area (TPSA) is 54.3 Å². The second-order valence-electron chi connectivity index (χ2n) is 5.76. The Hall–Kier alpha value is -1.57. The van der Waals surface area contributed by atoms with Crippen molar-refractivity contribution in [2.45, 2.75) is 33.2 Å². The average Bonchev–Trinajstić information content (AvgIpc) is 2.49. The van der Waals surface area contributed by atoms with Gasteiger partial charge in [-0.25, -0.2) is 0 Å². The van der Waals surface area contributed by atoms with Crippen LogP contribution < -0.4 is 10.1 Å². The maximum Gasteiger partial charge on any atom is 0.119 e. The van der Waals surface area contributed by atoms with Gasteiger partial charge in [0.1, 0.15) is 5.75 Å². The molecule has 0 bridgehead atoms. The summed E-state index contributed by atoms with van der Waals surface area (Å²) >= 11 is 0. The largest absolute Gasteiger partial charge is 0.494 e. The molecule has 1 aromatic rings. The first-order valence-corrected chi connectivity index (χ1v) is 7.40. The Bertz CT molecular complexity index is 435. The van der Waals surface area contributed by atoms with Gasteiger partial charge in [-0.3, -0.25) is 0 Å². The van der Waals surface area contributed by atoms with E-state index in [-0.39, 0.29) is 5.41 Å². The van der Waals surface area contributed by atoms with Crippen molar-refractivity contribution in [2.24, 2.45) is 5.41 Å². The van der Waals surface area contributed by atoms with E-state index in [1.165, 1.54) is 5.56 Å². The molecule has 0 unspecified atom stereocenters. The van der Waals surface area contributed by atoms with Crippen LogP contribution in [0.5, 0.6) is 5.75 Å². The molecule has 0 aliphatic carbocycles. The number of benzene rings is 1. The lowest BCUT2D eigenvalue weighted by Crippen LogP contribution is -2.18. The van der Waals surface area contributed by atoms with Crippen molar-refractivity contribution in [1.82, 2.24) is 5.32 Å². The normalized spacial score (nSPS) is 11.1. The van der Waals surface area contributed by atoms with E-state index in [0.717, 1.165) is 38.3 Å². The Balaban J connectivity index is 2.24. The van der Waals surface area contributed by atoms with Crippen LogP contribution in [0.1, 0.15) is 32.3 Å². The number of hydrogen-bond acceptors (Lipinski definition) is 4. The second-order valence-corrected chi connectivity index (χ2v) is 5.76. The highest BCUT2D eigenvalue weighted by molar-refractivity contribution is 5.27. The second kappa shape index (κ2) is 9.38. The summed E-state index contributed by atoms with van der Waals surface area (Å²) in [5.74, 6) is 0.880. The van der Waals surface area contributed by atoms with E-state index in [0.29, 0.717) is 6.61 Å². The molecule has 21 heavy (non-hydrogen) atoms. The Morgan fingerprint density at radius 2 is 1.90 bits per heavy atom. The first-order valence-electron chi connectivity index (χ1n) is 7.40. The number of methoxy groups -OCH3 is 1. The zero-order chi connectivity index (χ0) is 15.6. The van der Waals surface area contributed by atoms with Crippen LogP contribution in [0.3, 0.4) is 0 Å². The van der Waals surface area contributed by atoms with Crippen molar-refractivity contribution in [3.05, 3.63) is 29.8 Å². The van der Waals surface area contributed by atoms with Gasteiger partial charge in [0, 0.05) is 20.2 Å². The quantitative estimate of drug-likeness (QED) is 0.673. The zero-order valence-corrected chi connectivity index (χ0v) is 13.3. The zero-order valence-electron chi connectivity index (χ0n) is 13.3. The number of hydrogen-bond donors (Lipinski definition) is 1. The van der Waals surface area contributed by atoms with Crippen molar-refractivity contribution in [3.8, 4) is 11.8 Å². The van der Waals surface area contributed by atoms with Crippen LogP contribution in [0.2, 0.25) is 0 Å². The van der Waals surface area contributed by atoms with E-state index in [4.69, 9.17) is 14.7 Å². The van der Waals surface area contributed by atoms with E-state index >= 15 is 0 Å². The van der Waals surface area contributed by atoms with Crippen molar-refractivity contribution in [2.75, 3.05) is 26.9 Å². The molecule has 0 radical (unpaired) electrons. The van der Waals surface area contributed by atoms with Crippen LogP contribution in [0.4, 0.5) is 0 Å². The summed E-state index contributed by atoms with van der Waals surface area (Å²) in [5, 5.41) is 12.2. The SMILES string of the molecule is COCCNCc1ccc(OCCCC(C)(C)C#N)cc1. The van der Waals surface area contributed by atoms with Crippen LogP contribution in [0.15, 0.2) is 24.3 Å². The molecule has 0 spiro atoms. The highest BCUT2D eigenvalue weighted by Crippen LogP contribution is 2.21. The van der Waals surface area contributed by atoms with Crippen molar-refractivity contribution in [3.63, 3.8) is 0 Å². The Morgan fingerprint density at radius 3 is 2.52 bits per heavy atom. The number of nitrogens with one attached hydrogen (secondary N) is 1. The minimum absolute atomic E-state index is 0.263. The predicted molar refractivity (Wildman–Crippen MR) is 84.1 cm³/mol.